The van der Waals surface area contributed by atoms with Gasteiger partial charge in [-0.15, -0.1) is 0 Å². The second-order valence-electron chi connectivity index (χ2n) is 4.44. The minimum atomic E-state index is -0.194. The molecule has 16 heavy (non-hydrogen) atoms. The first-order valence-corrected chi connectivity index (χ1v) is 4.99. The van der Waals surface area contributed by atoms with Gasteiger partial charge >= 0.3 is 0 Å². The van der Waals surface area contributed by atoms with E-state index in [1.807, 2.05) is 26.8 Å². The monoisotopic (exact) mass is 223 g/mol. The Bertz CT molecular complexity index is 383. The van der Waals surface area contributed by atoms with Gasteiger partial charge in [0.1, 0.15) is 5.69 Å². The first-order chi connectivity index (χ1) is 7.42. The fourth-order valence-corrected chi connectivity index (χ4v) is 1.06. The molecule has 1 aromatic rings. The standard InChI is InChI=1S/C11H17N3O2/c1-11(2,3)16-7-8-4-5-13-9(6-8)10(12)14-15/h4-6,15H,7H2,1-3H3,(H2,12,14). The van der Waals surface area contributed by atoms with Crippen molar-refractivity contribution in [3.63, 3.8) is 0 Å². The molecule has 3 N–H and O–H groups in total. The normalized spacial score (nSPS) is 12.8. The van der Waals surface area contributed by atoms with Gasteiger partial charge in [-0.1, -0.05) is 5.16 Å². The highest BCUT2D eigenvalue weighted by Crippen LogP contribution is 2.11. The van der Waals surface area contributed by atoms with Crippen LogP contribution in [0.2, 0.25) is 0 Å². The highest BCUT2D eigenvalue weighted by Gasteiger charge is 2.10. The highest BCUT2D eigenvalue weighted by molar-refractivity contribution is 5.95. The van der Waals surface area contributed by atoms with Gasteiger partial charge in [-0.3, -0.25) is 4.98 Å². The molecule has 0 spiro atoms. The molecule has 1 aromatic heterocycles. The maximum Gasteiger partial charge on any atom is 0.188 e. The molecule has 0 aromatic carbocycles. The number of hydrogen-bond donors (Lipinski definition) is 2. The molecule has 0 saturated carbocycles. The van der Waals surface area contributed by atoms with Crippen molar-refractivity contribution in [2.75, 3.05) is 0 Å². The summed E-state index contributed by atoms with van der Waals surface area (Å²) in [5, 5.41) is 11.4. The minimum Gasteiger partial charge on any atom is -0.409 e. The Labute approximate surface area is 94.9 Å². The molecule has 0 unspecified atom stereocenters. The van der Waals surface area contributed by atoms with Crippen molar-refractivity contribution < 1.29 is 9.94 Å². The van der Waals surface area contributed by atoms with Gasteiger partial charge in [0, 0.05) is 6.20 Å². The molecular weight excluding hydrogens is 206 g/mol. The summed E-state index contributed by atoms with van der Waals surface area (Å²) in [6.45, 7) is 6.42. The third kappa shape index (κ3) is 3.86. The zero-order chi connectivity index (χ0) is 12.2. The van der Waals surface area contributed by atoms with Crippen molar-refractivity contribution in [3.05, 3.63) is 29.6 Å². The summed E-state index contributed by atoms with van der Waals surface area (Å²) in [5.74, 6) is -0.00221. The lowest BCUT2D eigenvalue weighted by atomic mass is 10.2. The molecule has 5 heteroatoms. The number of ether oxygens (including phenoxy) is 1. The maximum absolute atomic E-state index is 8.53. The van der Waals surface area contributed by atoms with Gasteiger partial charge in [0.05, 0.1) is 12.2 Å². The Morgan fingerprint density at radius 2 is 2.25 bits per heavy atom. The zero-order valence-electron chi connectivity index (χ0n) is 9.77. The van der Waals surface area contributed by atoms with Gasteiger partial charge < -0.3 is 15.7 Å². The van der Waals surface area contributed by atoms with Gasteiger partial charge in [-0.25, -0.2) is 0 Å². The van der Waals surface area contributed by atoms with E-state index in [-0.39, 0.29) is 11.4 Å². The van der Waals surface area contributed by atoms with Crippen LogP contribution >= 0.6 is 0 Å². The topological polar surface area (TPSA) is 80.7 Å². The van der Waals surface area contributed by atoms with Gasteiger partial charge in [0.2, 0.25) is 0 Å². The second kappa shape index (κ2) is 4.94. The number of pyridine rings is 1. The Morgan fingerprint density at radius 1 is 1.56 bits per heavy atom. The van der Waals surface area contributed by atoms with Gasteiger partial charge in [-0.2, -0.15) is 0 Å². The Balaban J connectivity index is 2.76. The van der Waals surface area contributed by atoms with E-state index in [9.17, 15) is 0 Å². The van der Waals surface area contributed by atoms with Crippen LogP contribution in [0.15, 0.2) is 23.5 Å². The number of rotatable bonds is 3. The lowest BCUT2D eigenvalue weighted by molar-refractivity contribution is -0.0149. The fraction of sp³-hybridized carbons (Fsp3) is 0.455. The molecule has 0 radical (unpaired) electrons. The van der Waals surface area contributed by atoms with Crippen molar-refractivity contribution in [1.82, 2.24) is 4.98 Å². The molecule has 0 aliphatic carbocycles. The van der Waals surface area contributed by atoms with E-state index in [1.54, 1.807) is 12.3 Å². The molecule has 88 valence electrons. The summed E-state index contributed by atoms with van der Waals surface area (Å²) in [5.41, 5.74) is 6.63. The molecule has 0 fully saturated rings. The van der Waals surface area contributed by atoms with E-state index in [0.29, 0.717) is 12.3 Å². The number of hydrogen-bond acceptors (Lipinski definition) is 4. The number of nitrogens with zero attached hydrogens (tertiary/aromatic N) is 2. The zero-order valence-corrected chi connectivity index (χ0v) is 9.77. The second-order valence-corrected chi connectivity index (χ2v) is 4.44. The van der Waals surface area contributed by atoms with E-state index < -0.39 is 0 Å². The van der Waals surface area contributed by atoms with E-state index >= 15 is 0 Å². The number of amidine groups is 1. The summed E-state index contributed by atoms with van der Waals surface area (Å²) < 4.78 is 5.61. The Hall–Kier alpha value is -1.62. The van der Waals surface area contributed by atoms with Crippen LogP contribution in [-0.4, -0.2) is 21.6 Å². The maximum atomic E-state index is 8.53. The summed E-state index contributed by atoms with van der Waals surface area (Å²) in [6, 6.07) is 3.57. The molecule has 0 amide bonds. The van der Waals surface area contributed by atoms with Gasteiger partial charge in [-0.05, 0) is 38.5 Å². The molecule has 1 rings (SSSR count). The molecule has 0 bridgehead atoms. The van der Waals surface area contributed by atoms with Crippen LogP contribution < -0.4 is 5.73 Å². The van der Waals surface area contributed by atoms with Crippen molar-refractivity contribution in [3.8, 4) is 0 Å². The van der Waals surface area contributed by atoms with Crippen LogP contribution in [0.1, 0.15) is 32.0 Å². The van der Waals surface area contributed by atoms with Crippen molar-refractivity contribution in [2.24, 2.45) is 10.9 Å². The molecular formula is C11H17N3O2. The average molecular weight is 223 g/mol. The van der Waals surface area contributed by atoms with E-state index in [4.69, 9.17) is 15.7 Å². The number of nitrogens with two attached hydrogens (primary N) is 1. The van der Waals surface area contributed by atoms with E-state index in [1.165, 1.54) is 0 Å². The van der Waals surface area contributed by atoms with Crippen molar-refractivity contribution >= 4 is 5.84 Å². The molecule has 1 heterocycles. The SMILES string of the molecule is CC(C)(C)OCc1ccnc(C(N)=NO)c1. The predicted octanol–water partition coefficient (Wildman–Crippen LogP) is 1.49. The van der Waals surface area contributed by atoms with Crippen molar-refractivity contribution in [1.29, 1.82) is 0 Å². The molecule has 0 aliphatic rings. The Kier molecular flexibility index (Phi) is 3.84. The minimum absolute atomic E-state index is 0.00221. The third-order valence-corrected chi connectivity index (χ3v) is 1.87. The Morgan fingerprint density at radius 3 is 2.81 bits per heavy atom. The molecule has 5 nitrogen and oxygen atoms in total. The van der Waals surface area contributed by atoms with Crippen LogP contribution in [0.25, 0.3) is 0 Å². The van der Waals surface area contributed by atoms with Crippen LogP contribution in [0.4, 0.5) is 0 Å². The van der Waals surface area contributed by atoms with Gasteiger partial charge in [0.15, 0.2) is 5.84 Å². The van der Waals surface area contributed by atoms with Crippen LogP contribution in [0, 0.1) is 0 Å². The first kappa shape index (κ1) is 12.4. The molecule has 0 saturated heterocycles. The smallest absolute Gasteiger partial charge is 0.188 e. The lowest BCUT2D eigenvalue weighted by Crippen LogP contribution is -2.19. The lowest BCUT2D eigenvalue weighted by Gasteiger charge is -2.19. The van der Waals surface area contributed by atoms with E-state index in [2.05, 4.69) is 10.1 Å². The van der Waals surface area contributed by atoms with Crippen LogP contribution in [0.3, 0.4) is 0 Å². The van der Waals surface area contributed by atoms with Crippen molar-refractivity contribution in [2.45, 2.75) is 33.0 Å². The van der Waals surface area contributed by atoms with Crippen LogP contribution in [-0.2, 0) is 11.3 Å². The number of oxime groups is 1. The summed E-state index contributed by atoms with van der Waals surface area (Å²) >= 11 is 0. The molecule has 0 atom stereocenters. The van der Waals surface area contributed by atoms with E-state index in [0.717, 1.165) is 5.56 Å². The first-order valence-electron chi connectivity index (χ1n) is 4.99. The summed E-state index contributed by atoms with van der Waals surface area (Å²) in [7, 11) is 0. The third-order valence-electron chi connectivity index (χ3n) is 1.87. The quantitative estimate of drug-likeness (QED) is 0.352. The highest BCUT2D eigenvalue weighted by atomic mass is 16.5. The number of aromatic nitrogens is 1. The fourth-order valence-electron chi connectivity index (χ4n) is 1.06. The molecule has 0 aliphatic heterocycles. The largest absolute Gasteiger partial charge is 0.409 e. The summed E-state index contributed by atoms with van der Waals surface area (Å²) in [4.78, 5) is 3.98. The predicted molar refractivity (Wildman–Crippen MR) is 61.3 cm³/mol. The van der Waals surface area contributed by atoms with Crippen LogP contribution in [0.5, 0.6) is 0 Å². The average Bonchev–Trinajstić information content (AvgIpc) is 2.25. The van der Waals surface area contributed by atoms with Gasteiger partial charge in [0.25, 0.3) is 0 Å². The summed E-state index contributed by atoms with van der Waals surface area (Å²) in [6.07, 6.45) is 1.61.